The van der Waals surface area contributed by atoms with Gasteiger partial charge in [-0.1, -0.05) is 31.5 Å². The summed E-state index contributed by atoms with van der Waals surface area (Å²) in [6.45, 7) is 2.15. The summed E-state index contributed by atoms with van der Waals surface area (Å²) in [5.41, 5.74) is 9.37. The van der Waals surface area contributed by atoms with E-state index in [1.165, 1.54) is 15.6 Å². The van der Waals surface area contributed by atoms with Crippen molar-refractivity contribution in [3.8, 4) is 11.3 Å². The fourth-order valence-electron chi connectivity index (χ4n) is 2.28. The molecule has 0 aliphatic rings. The zero-order chi connectivity index (χ0) is 12.5. The number of nitrogens with zero attached hydrogens (tertiary/aromatic N) is 1. The maximum atomic E-state index is 5.94. The van der Waals surface area contributed by atoms with Gasteiger partial charge < -0.3 is 5.73 Å². The van der Waals surface area contributed by atoms with Crippen molar-refractivity contribution >= 4 is 27.2 Å². The van der Waals surface area contributed by atoms with Gasteiger partial charge in [-0.25, -0.2) is 0 Å². The van der Waals surface area contributed by atoms with Gasteiger partial charge in [-0.3, -0.25) is 5.10 Å². The first-order valence-electron chi connectivity index (χ1n) is 6.10. The first-order valence-corrected chi connectivity index (χ1v) is 6.98. The van der Waals surface area contributed by atoms with Gasteiger partial charge in [-0.15, -0.1) is 11.3 Å². The molecule has 3 N–H and O–H groups in total. The molecule has 0 fully saturated rings. The van der Waals surface area contributed by atoms with Crippen molar-refractivity contribution in [1.82, 2.24) is 10.2 Å². The summed E-state index contributed by atoms with van der Waals surface area (Å²) in [5, 5.41) is 10.7. The quantitative estimate of drug-likeness (QED) is 0.749. The number of hydrogen-bond acceptors (Lipinski definition) is 3. The van der Waals surface area contributed by atoms with Crippen LogP contribution < -0.4 is 5.73 Å². The Hall–Kier alpha value is -1.81. The highest BCUT2D eigenvalue weighted by Crippen LogP contribution is 2.36. The lowest BCUT2D eigenvalue weighted by atomic mass is 10.0. The van der Waals surface area contributed by atoms with Gasteiger partial charge in [0.15, 0.2) is 0 Å². The second-order valence-corrected chi connectivity index (χ2v) is 5.27. The van der Waals surface area contributed by atoms with Crippen LogP contribution in [0.5, 0.6) is 0 Å². The Morgan fingerprint density at radius 3 is 3.00 bits per heavy atom. The van der Waals surface area contributed by atoms with Crippen molar-refractivity contribution in [3.05, 3.63) is 35.2 Å². The first kappa shape index (κ1) is 11.3. The van der Waals surface area contributed by atoms with Crippen LogP contribution in [0.4, 0.5) is 5.82 Å². The summed E-state index contributed by atoms with van der Waals surface area (Å²) < 4.78 is 1.29. The second kappa shape index (κ2) is 4.46. The lowest BCUT2D eigenvalue weighted by molar-refractivity contribution is 0.927. The number of aromatic amines is 1. The number of nitrogens with two attached hydrogens (primary N) is 1. The minimum atomic E-state index is 0.627. The molecule has 0 unspecified atom stereocenters. The van der Waals surface area contributed by atoms with Crippen LogP contribution in [0.25, 0.3) is 21.3 Å². The summed E-state index contributed by atoms with van der Waals surface area (Å²) in [4.78, 5) is 0. The number of benzene rings is 1. The van der Waals surface area contributed by atoms with E-state index in [4.69, 9.17) is 5.73 Å². The van der Waals surface area contributed by atoms with E-state index in [2.05, 4.69) is 46.8 Å². The Balaban J connectivity index is 2.20. The number of nitrogens with one attached hydrogen (secondary N) is 1. The van der Waals surface area contributed by atoms with Crippen molar-refractivity contribution in [1.29, 1.82) is 0 Å². The summed E-state index contributed by atoms with van der Waals surface area (Å²) >= 11 is 1.76. The van der Waals surface area contributed by atoms with E-state index in [0.29, 0.717) is 5.82 Å². The molecule has 3 rings (SSSR count). The third-order valence-electron chi connectivity index (χ3n) is 3.15. The van der Waals surface area contributed by atoms with E-state index in [1.54, 1.807) is 11.3 Å². The van der Waals surface area contributed by atoms with E-state index in [-0.39, 0.29) is 0 Å². The Morgan fingerprint density at radius 2 is 2.17 bits per heavy atom. The van der Waals surface area contributed by atoms with Crippen molar-refractivity contribution in [3.63, 3.8) is 0 Å². The van der Waals surface area contributed by atoms with Crippen LogP contribution in [0.2, 0.25) is 0 Å². The van der Waals surface area contributed by atoms with Gasteiger partial charge in [-0.05, 0) is 12.5 Å². The van der Waals surface area contributed by atoms with Crippen LogP contribution in [-0.2, 0) is 6.42 Å². The lowest BCUT2D eigenvalue weighted by Crippen LogP contribution is -1.92. The highest BCUT2D eigenvalue weighted by atomic mass is 32.1. The number of thiophene rings is 1. The highest BCUT2D eigenvalue weighted by molar-refractivity contribution is 7.17. The zero-order valence-electron chi connectivity index (χ0n) is 10.2. The minimum absolute atomic E-state index is 0.627. The van der Waals surface area contributed by atoms with Crippen molar-refractivity contribution in [2.75, 3.05) is 5.73 Å². The SMILES string of the molecule is CCCc1c(N)n[nH]c1-c1csc2ccccc12. The molecule has 3 aromatic rings. The van der Waals surface area contributed by atoms with Crippen molar-refractivity contribution < 1.29 is 0 Å². The van der Waals surface area contributed by atoms with E-state index >= 15 is 0 Å². The fraction of sp³-hybridized carbons (Fsp3) is 0.214. The Labute approximate surface area is 110 Å². The lowest BCUT2D eigenvalue weighted by Gasteiger charge is -2.01. The van der Waals surface area contributed by atoms with E-state index in [1.807, 2.05) is 0 Å². The number of H-pyrrole nitrogens is 1. The third kappa shape index (κ3) is 1.69. The van der Waals surface area contributed by atoms with E-state index in [0.717, 1.165) is 24.1 Å². The van der Waals surface area contributed by atoms with Crippen LogP contribution >= 0.6 is 11.3 Å². The molecule has 92 valence electrons. The molecule has 2 aromatic heterocycles. The predicted molar refractivity (Wildman–Crippen MR) is 77.8 cm³/mol. The maximum Gasteiger partial charge on any atom is 0.149 e. The van der Waals surface area contributed by atoms with Crippen LogP contribution in [0, 0.1) is 0 Å². The maximum absolute atomic E-state index is 5.94. The molecule has 18 heavy (non-hydrogen) atoms. The molecular weight excluding hydrogens is 242 g/mol. The monoisotopic (exact) mass is 257 g/mol. The van der Waals surface area contributed by atoms with E-state index in [9.17, 15) is 0 Å². The molecule has 0 saturated heterocycles. The van der Waals surface area contributed by atoms with Gasteiger partial charge >= 0.3 is 0 Å². The number of hydrogen-bond donors (Lipinski definition) is 2. The molecule has 3 nitrogen and oxygen atoms in total. The summed E-state index contributed by atoms with van der Waals surface area (Å²) in [7, 11) is 0. The number of anilines is 1. The second-order valence-electron chi connectivity index (χ2n) is 4.36. The van der Waals surface area contributed by atoms with Crippen LogP contribution in [0.15, 0.2) is 29.6 Å². The van der Waals surface area contributed by atoms with Gasteiger partial charge in [0.25, 0.3) is 0 Å². The highest BCUT2D eigenvalue weighted by Gasteiger charge is 2.14. The molecule has 1 aromatic carbocycles. The van der Waals surface area contributed by atoms with Gasteiger partial charge in [0.05, 0.1) is 5.69 Å². The molecule has 0 aliphatic heterocycles. The van der Waals surface area contributed by atoms with Crippen LogP contribution in [0.1, 0.15) is 18.9 Å². The molecule has 0 bridgehead atoms. The van der Waals surface area contributed by atoms with Crippen molar-refractivity contribution in [2.45, 2.75) is 19.8 Å². The Bertz CT molecular complexity index is 681. The molecule has 4 heteroatoms. The molecular formula is C14H15N3S. The number of aromatic nitrogens is 2. The van der Waals surface area contributed by atoms with Crippen LogP contribution in [-0.4, -0.2) is 10.2 Å². The molecule has 2 heterocycles. The normalized spacial score (nSPS) is 11.2. The van der Waals surface area contributed by atoms with E-state index < -0.39 is 0 Å². The summed E-state index contributed by atoms with van der Waals surface area (Å²) in [5.74, 6) is 0.627. The van der Waals surface area contributed by atoms with Gasteiger partial charge in [0.2, 0.25) is 0 Å². The van der Waals surface area contributed by atoms with Crippen molar-refractivity contribution in [2.24, 2.45) is 0 Å². The Morgan fingerprint density at radius 1 is 1.33 bits per heavy atom. The zero-order valence-corrected chi connectivity index (χ0v) is 11.1. The fourth-order valence-corrected chi connectivity index (χ4v) is 3.23. The topological polar surface area (TPSA) is 54.7 Å². The molecule has 0 radical (unpaired) electrons. The molecule has 0 amide bonds. The number of fused-ring (bicyclic) bond motifs is 1. The molecule has 0 saturated carbocycles. The predicted octanol–water partition coefficient (Wildman–Crippen LogP) is 3.83. The summed E-state index contributed by atoms with van der Waals surface area (Å²) in [6.07, 6.45) is 2.03. The Kier molecular flexibility index (Phi) is 2.80. The summed E-state index contributed by atoms with van der Waals surface area (Å²) in [6, 6.07) is 8.42. The average Bonchev–Trinajstić information content (AvgIpc) is 2.95. The number of rotatable bonds is 3. The molecule has 0 spiro atoms. The third-order valence-corrected chi connectivity index (χ3v) is 4.11. The minimum Gasteiger partial charge on any atom is -0.382 e. The first-order chi connectivity index (χ1) is 8.81. The van der Waals surface area contributed by atoms with Gasteiger partial charge in [0, 0.05) is 26.6 Å². The standard InChI is InChI=1S/C14H15N3S/c1-2-5-10-13(16-17-14(10)15)11-8-18-12-7-4-3-6-9(11)12/h3-4,6-8H,2,5H2,1H3,(H3,15,16,17). The number of nitrogen functional groups attached to an aromatic ring is 1. The smallest absolute Gasteiger partial charge is 0.149 e. The average molecular weight is 257 g/mol. The molecule has 0 aliphatic carbocycles. The van der Waals surface area contributed by atoms with Gasteiger partial charge in [0.1, 0.15) is 5.82 Å². The van der Waals surface area contributed by atoms with Gasteiger partial charge in [-0.2, -0.15) is 5.10 Å². The van der Waals surface area contributed by atoms with Crippen LogP contribution in [0.3, 0.4) is 0 Å². The molecule has 0 atom stereocenters. The largest absolute Gasteiger partial charge is 0.382 e.